The van der Waals surface area contributed by atoms with E-state index in [4.69, 9.17) is 10.2 Å². The number of hydrogen-bond acceptors (Lipinski definition) is 8. The van der Waals surface area contributed by atoms with Crippen molar-refractivity contribution in [1.82, 2.24) is 24.6 Å². The minimum Gasteiger partial charge on any atom is -0.461 e. The van der Waals surface area contributed by atoms with Crippen molar-refractivity contribution in [3.05, 3.63) is 48.9 Å². The number of rotatable bonds is 3. The normalized spacial score (nSPS) is 14.8. The summed E-state index contributed by atoms with van der Waals surface area (Å²) < 4.78 is 6.90. The highest BCUT2D eigenvalue weighted by atomic mass is 16.3. The van der Waals surface area contributed by atoms with Crippen molar-refractivity contribution in [2.24, 2.45) is 0 Å². The van der Waals surface area contributed by atoms with E-state index in [0.29, 0.717) is 23.2 Å². The lowest BCUT2D eigenvalue weighted by Gasteiger charge is -2.36. The first-order chi connectivity index (χ1) is 13.3. The number of pyridine rings is 1. The van der Waals surface area contributed by atoms with Gasteiger partial charge in [-0.25, -0.2) is 9.97 Å². The van der Waals surface area contributed by atoms with Crippen LogP contribution in [0.5, 0.6) is 0 Å². The molecule has 9 heteroatoms. The Labute approximate surface area is 155 Å². The maximum Gasteiger partial charge on any atom is 0.225 e. The summed E-state index contributed by atoms with van der Waals surface area (Å²) in [5.74, 6) is 3.20. The molecule has 5 heterocycles. The summed E-state index contributed by atoms with van der Waals surface area (Å²) in [6.07, 6.45) is 3.41. The van der Waals surface area contributed by atoms with E-state index >= 15 is 0 Å². The molecule has 0 aromatic carbocycles. The summed E-state index contributed by atoms with van der Waals surface area (Å²) in [7, 11) is 0. The zero-order valence-corrected chi connectivity index (χ0v) is 14.6. The number of hydrogen-bond donors (Lipinski definition) is 1. The third-order valence-electron chi connectivity index (χ3n) is 4.65. The molecule has 0 amide bonds. The number of nitrogens with zero attached hydrogens (tertiary/aromatic N) is 7. The van der Waals surface area contributed by atoms with Gasteiger partial charge in [-0.3, -0.25) is 0 Å². The van der Waals surface area contributed by atoms with E-state index in [1.165, 1.54) is 4.52 Å². The van der Waals surface area contributed by atoms with Gasteiger partial charge in [0.05, 0.1) is 6.26 Å². The van der Waals surface area contributed by atoms with Crippen molar-refractivity contribution in [2.45, 2.75) is 0 Å². The van der Waals surface area contributed by atoms with Gasteiger partial charge in [-0.2, -0.15) is 9.50 Å². The maximum atomic E-state index is 6.12. The fraction of sp³-hybridized carbons (Fsp3) is 0.222. The number of aromatic nitrogens is 5. The largest absolute Gasteiger partial charge is 0.461 e. The molecular weight excluding hydrogens is 344 g/mol. The third kappa shape index (κ3) is 2.82. The monoisotopic (exact) mass is 362 g/mol. The molecular formula is C18H18N8O. The zero-order chi connectivity index (χ0) is 18.2. The Morgan fingerprint density at radius 1 is 0.926 bits per heavy atom. The lowest BCUT2D eigenvalue weighted by molar-refractivity contribution is 0.577. The topological polar surface area (TPSA) is 102 Å². The molecule has 1 saturated heterocycles. The summed E-state index contributed by atoms with van der Waals surface area (Å²) in [4.78, 5) is 17.9. The number of furan rings is 1. The van der Waals surface area contributed by atoms with Gasteiger partial charge in [-0.1, -0.05) is 6.07 Å². The van der Waals surface area contributed by atoms with Crippen LogP contribution >= 0.6 is 0 Å². The molecule has 0 saturated carbocycles. The molecule has 27 heavy (non-hydrogen) atoms. The van der Waals surface area contributed by atoms with E-state index in [0.717, 1.165) is 37.8 Å². The molecule has 5 rings (SSSR count). The molecule has 1 aliphatic heterocycles. The van der Waals surface area contributed by atoms with Gasteiger partial charge in [-0.05, 0) is 24.3 Å². The second-order valence-electron chi connectivity index (χ2n) is 6.32. The summed E-state index contributed by atoms with van der Waals surface area (Å²) in [5, 5.41) is 4.38. The van der Waals surface area contributed by atoms with E-state index in [1.54, 1.807) is 12.3 Å². The Bertz CT molecular complexity index is 1050. The van der Waals surface area contributed by atoms with E-state index < -0.39 is 0 Å². The Kier molecular flexibility index (Phi) is 3.63. The first-order valence-electron chi connectivity index (χ1n) is 8.76. The van der Waals surface area contributed by atoms with Crippen LogP contribution in [0.2, 0.25) is 0 Å². The number of anilines is 3. The fourth-order valence-corrected chi connectivity index (χ4v) is 3.28. The fourth-order valence-electron chi connectivity index (χ4n) is 3.28. The summed E-state index contributed by atoms with van der Waals surface area (Å²) in [5.41, 5.74) is 6.77. The van der Waals surface area contributed by atoms with Crippen LogP contribution in [0.3, 0.4) is 0 Å². The molecule has 0 aliphatic carbocycles. The smallest absolute Gasteiger partial charge is 0.225 e. The van der Waals surface area contributed by atoms with Crippen molar-refractivity contribution in [2.75, 3.05) is 41.7 Å². The first kappa shape index (κ1) is 15.6. The highest BCUT2D eigenvalue weighted by Crippen LogP contribution is 2.22. The van der Waals surface area contributed by atoms with Crippen molar-refractivity contribution >= 4 is 23.2 Å². The lowest BCUT2D eigenvalue weighted by atomic mass is 10.3. The van der Waals surface area contributed by atoms with Crippen LogP contribution in [0.4, 0.5) is 17.6 Å². The molecule has 136 valence electrons. The van der Waals surface area contributed by atoms with Crippen molar-refractivity contribution < 1.29 is 4.42 Å². The highest BCUT2D eigenvalue weighted by Gasteiger charge is 2.21. The Morgan fingerprint density at radius 2 is 1.74 bits per heavy atom. The van der Waals surface area contributed by atoms with Gasteiger partial charge in [0, 0.05) is 38.4 Å². The number of nitrogens with two attached hydrogens (primary N) is 1. The molecule has 0 spiro atoms. The minimum absolute atomic E-state index is 0.306. The number of piperazine rings is 1. The van der Waals surface area contributed by atoms with Gasteiger partial charge < -0.3 is 20.0 Å². The molecule has 2 N–H and O–H groups in total. The van der Waals surface area contributed by atoms with E-state index in [9.17, 15) is 0 Å². The molecule has 4 aromatic heterocycles. The van der Waals surface area contributed by atoms with Gasteiger partial charge in [0.2, 0.25) is 11.8 Å². The van der Waals surface area contributed by atoms with Gasteiger partial charge in [0.1, 0.15) is 11.6 Å². The van der Waals surface area contributed by atoms with Crippen LogP contribution in [0.25, 0.3) is 17.2 Å². The molecule has 9 nitrogen and oxygen atoms in total. The average Bonchev–Trinajstić information content (AvgIpc) is 3.38. The predicted octanol–water partition coefficient (Wildman–Crippen LogP) is 1.69. The predicted molar refractivity (Wildman–Crippen MR) is 102 cm³/mol. The molecule has 0 atom stereocenters. The van der Waals surface area contributed by atoms with Gasteiger partial charge in [0.25, 0.3) is 0 Å². The van der Waals surface area contributed by atoms with Crippen LogP contribution in [0.15, 0.2) is 53.3 Å². The molecule has 0 radical (unpaired) electrons. The Balaban J connectivity index is 1.39. The molecule has 4 aromatic rings. The van der Waals surface area contributed by atoms with E-state index in [1.807, 2.05) is 36.5 Å². The molecule has 1 fully saturated rings. The van der Waals surface area contributed by atoms with E-state index in [-0.39, 0.29) is 0 Å². The number of fused-ring (bicyclic) bond motifs is 1. The second-order valence-corrected chi connectivity index (χ2v) is 6.32. The summed E-state index contributed by atoms with van der Waals surface area (Å²) in [6.45, 7) is 3.40. The maximum absolute atomic E-state index is 6.12. The van der Waals surface area contributed by atoms with Crippen LogP contribution in [0.1, 0.15) is 0 Å². The van der Waals surface area contributed by atoms with Crippen molar-refractivity contribution in [3.63, 3.8) is 0 Å². The minimum atomic E-state index is 0.306. The van der Waals surface area contributed by atoms with Crippen LogP contribution in [0, 0.1) is 0 Å². The standard InChI is InChI=1S/C18H18N8O/c19-18-22-15(12-16-21-17(23-26(16)18)13-4-3-11-27-13)25-9-7-24(8-10-25)14-5-1-2-6-20-14/h1-6,11-12H,7-10H2,(H2,19,22). The zero-order valence-electron chi connectivity index (χ0n) is 14.6. The first-order valence-corrected chi connectivity index (χ1v) is 8.76. The summed E-state index contributed by atoms with van der Waals surface area (Å²) in [6, 6.07) is 11.5. The second kappa shape index (κ2) is 6.27. The third-order valence-corrected chi connectivity index (χ3v) is 4.65. The van der Waals surface area contributed by atoms with E-state index in [2.05, 4.69) is 29.9 Å². The Hall–Kier alpha value is -3.62. The highest BCUT2D eigenvalue weighted by molar-refractivity contribution is 5.60. The van der Waals surface area contributed by atoms with Gasteiger partial charge in [0.15, 0.2) is 11.4 Å². The number of nitrogen functional groups attached to an aromatic ring is 1. The van der Waals surface area contributed by atoms with Crippen molar-refractivity contribution in [1.29, 1.82) is 0 Å². The van der Waals surface area contributed by atoms with Crippen LogP contribution in [-0.2, 0) is 0 Å². The quantitative estimate of drug-likeness (QED) is 0.587. The SMILES string of the molecule is Nc1nc(N2CCN(c3ccccn3)CC2)cc2nc(-c3ccco3)nn12. The van der Waals surface area contributed by atoms with Crippen LogP contribution in [-0.4, -0.2) is 50.7 Å². The van der Waals surface area contributed by atoms with Gasteiger partial charge in [-0.15, -0.1) is 5.10 Å². The summed E-state index contributed by atoms with van der Waals surface area (Å²) >= 11 is 0. The van der Waals surface area contributed by atoms with Crippen molar-refractivity contribution in [3.8, 4) is 11.6 Å². The molecule has 1 aliphatic rings. The average molecular weight is 362 g/mol. The lowest BCUT2D eigenvalue weighted by Crippen LogP contribution is -2.47. The van der Waals surface area contributed by atoms with Crippen LogP contribution < -0.4 is 15.5 Å². The Morgan fingerprint density at radius 3 is 2.44 bits per heavy atom. The van der Waals surface area contributed by atoms with Gasteiger partial charge >= 0.3 is 0 Å². The molecule has 0 bridgehead atoms. The molecule has 0 unspecified atom stereocenters.